The summed E-state index contributed by atoms with van der Waals surface area (Å²) in [6.45, 7) is 0.656. The van der Waals surface area contributed by atoms with Crippen LogP contribution < -0.4 is 15.8 Å². The maximum Gasteiger partial charge on any atom is 0.256 e. The zero-order valence-electron chi connectivity index (χ0n) is 16.6. The summed E-state index contributed by atoms with van der Waals surface area (Å²) in [5.41, 5.74) is 8.83. The van der Waals surface area contributed by atoms with Gasteiger partial charge in [-0.2, -0.15) is 5.26 Å². The topological polar surface area (TPSA) is 114 Å². The molecule has 152 valence electrons. The molecule has 7 nitrogen and oxygen atoms in total. The van der Waals surface area contributed by atoms with Gasteiger partial charge in [0.15, 0.2) is 5.65 Å². The van der Waals surface area contributed by atoms with Crippen molar-refractivity contribution in [3.05, 3.63) is 84.1 Å². The number of fused-ring (bicyclic) bond motifs is 1. The average Bonchev–Trinajstić information content (AvgIpc) is 2.82. The summed E-state index contributed by atoms with van der Waals surface area (Å²) in [6, 6.07) is 21.8. The van der Waals surface area contributed by atoms with E-state index < -0.39 is 0 Å². The predicted octanol–water partition coefficient (Wildman–Crippen LogP) is 3.76. The van der Waals surface area contributed by atoms with Crippen LogP contribution in [0.25, 0.3) is 22.2 Å². The van der Waals surface area contributed by atoms with Crippen LogP contribution in [0.5, 0.6) is 5.75 Å². The van der Waals surface area contributed by atoms with E-state index in [4.69, 9.17) is 15.7 Å². The fourth-order valence-corrected chi connectivity index (χ4v) is 3.13. The van der Waals surface area contributed by atoms with Crippen LogP contribution in [0.3, 0.4) is 0 Å². The van der Waals surface area contributed by atoms with Crippen molar-refractivity contribution in [3.8, 4) is 22.9 Å². The van der Waals surface area contributed by atoms with Gasteiger partial charge in [0.2, 0.25) is 0 Å². The number of pyridine rings is 2. The van der Waals surface area contributed by atoms with Crippen LogP contribution >= 0.6 is 0 Å². The van der Waals surface area contributed by atoms with E-state index in [0.717, 1.165) is 16.5 Å². The third-order valence-corrected chi connectivity index (χ3v) is 4.65. The molecule has 2 aromatic heterocycles. The Bertz CT molecular complexity index is 1280. The summed E-state index contributed by atoms with van der Waals surface area (Å²) >= 11 is 0. The second kappa shape index (κ2) is 9.03. The molecule has 0 saturated heterocycles. The minimum absolute atomic E-state index is 0.312. The highest BCUT2D eigenvalue weighted by atomic mass is 16.5. The Labute approximate surface area is 179 Å². The molecular weight excluding hydrogens is 390 g/mol. The average molecular weight is 409 g/mol. The molecule has 0 fully saturated rings. The molecule has 7 heteroatoms. The molecular formula is C24H19N5O2. The van der Waals surface area contributed by atoms with Crippen molar-refractivity contribution < 1.29 is 9.53 Å². The summed E-state index contributed by atoms with van der Waals surface area (Å²) in [6.07, 6.45) is 1.66. The standard InChI is InChI=1S/C24H19N5O2/c25-11-13-31-21-14-19(7-9-20(21)17-5-3-16(15-26)4-6-17)24(30)29-22-10-8-18-2-1-12-27-23(18)28-22/h1-10,12,14H,11,13,25H2,(H,27,28,29,30). The number of hydrogen-bond acceptors (Lipinski definition) is 6. The third kappa shape index (κ3) is 4.50. The SMILES string of the molecule is N#Cc1ccc(-c2ccc(C(=O)Nc3ccc4cccnc4n3)cc2OCCN)cc1. The molecule has 0 unspecified atom stereocenters. The molecule has 0 saturated carbocycles. The van der Waals surface area contributed by atoms with E-state index in [0.29, 0.717) is 41.5 Å². The number of carbonyl (C=O) groups is 1. The van der Waals surface area contributed by atoms with Crippen LogP contribution in [-0.2, 0) is 0 Å². The number of hydrogen-bond donors (Lipinski definition) is 2. The Kier molecular flexibility index (Phi) is 5.83. The molecule has 0 bridgehead atoms. The maximum atomic E-state index is 12.8. The monoisotopic (exact) mass is 409 g/mol. The highest BCUT2D eigenvalue weighted by Gasteiger charge is 2.13. The fraction of sp³-hybridized carbons (Fsp3) is 0.0833. The van der Waals surface area contributed by atoms with Gasteiger partial charge in [-0.15, -0.1) is 0 Å². The maximum absolute atomic E-state index is 12.8. The lowest BCUT2D eigenvalue weighted by atomic mass is 10.0. The highest BCUT2D eigenvalue weighted by Crippen LogP contribution is 2.31. The Morgan fingerprint density at radius 1 is 1.10 bits per heavy atom. The molecule has 0 atom stereocenters. The van der Waals surface area contributed by atoms with Crippen LogP contribution in [0, 0.1) is 11.3 Å². The zero-order valence-corrected chi connectivity index (χ0v) is 16.6. The summed E-state index contributed by atoms with van der Waals surface area (Å²) in [7, 11) is 0. The summed E-state index contributed by atoms with van der Waals surface area (Å²) in [5.74, 6) is 0.638. The number of amides is 1. The molecule has 0 aliphatic heterocycles. The predicted molar refractivity (Wildman–Crippen MR) is 119 cm³/mol. The van der Waals surface area contributed by atoms with E-state index in [-0.39, 0.29) is 5.91 Å². The first kappa shape index (κ1) is 20.0. The van der Waals surface area contributed by atoms with Gasteiger partial charge in [-0.05, 0) is 60.2 Å². The minimum atomic E-state index is -0.313. The number of nitrogens with zero attached hydrogens (tertiary/aromatic N) is 3. The van der Waals surface area contributed by atoms with Gasteiger partial charge < -0.3 is 15.8 Å². The van der Waals surface area contributed by atoms with Gasteiger partial charge in [-0.25, -0.2) is 9.97 Å². The molecule has 2 aromatic carbocycles. The van der Waals surface area contributed by atoms with Crippen molar-refractivity contribution in [2.24, 2.45) is 5.73 Å². The quantitative estimate of drug-likeness (QED) is 0.501. The molecule has 0 aliphatic carbocycles. The van der Waals surface area contributed by atoms with E-state index >= 15 is 0 Å². The van der Waals surface area contributed by atoms with Crippen molar-refractivity contribution in [1.82, 2.24) is 9.97 Å². The smallest absolute Gasteiger partial charge is 0.256 e. The van der Waals surface area contributed by atoms with Crippen molar-refractivity contribution in [2.75, 3.05) is 18.5 Å². The lowest BCUT2D eigenvalue weighted by Crippen LogP contribution is -2.14. The van der Waals surface area contributed by atoms with Crippen LogP contribution in [0.15, 0.2) is 72.9 Å². The lowest BCUT2D eigenvalue weighted by Gasteiger charge is -2.13. The molecule has 0 aliphatic rings. The number of ether oxygens (including phenoxy) is 1. The summed E-state index contributed by atoms with van der Waals surface area (Å²) in [4.78, 5) is 21.4. The molecule has 1 amide bonds. The molecule has 0 radical (unpaired) electrons. The number of rotatable bonds is 6. The Hall–Kier alpha value is -4.28. The Morgan fingerprint density at radius 2 is 1.94 bits per heavy atom. The van der Waals surface area contributed by atoms with E-state index in [2.05, 4.69) is 21.4 Å². The molecule has 31 heavy (non-hydrogen) atoms. The second-order valence-corrected chi connectivity index (χ2v) is 6.74. The minimum Gasteiger partial charge on any atom is -0.492 e. The van der Waals surface area contributed by atoms with Gasteiger partial charge in [-0.3, -0.25) is 4.79 Å². The first-order valence-electron chi connectivity index (χ1n) is 9.68. The first-order chi connectivity index (χ1) is 15.2. The van der Waals surface area contributed by atoms with Gasteiger partial charge in [0.25, 0.3) is 5.91 Å². The first-order valence-corrected chi connectivity index (χ1v) is 9.68. The van der Waals surface area contributed by atoms with E-state index in [9.17, 15) is 4.79 Å². The van der Waals surface area contributed by atoms with Crippen molar-refractivity contribution in [3.63, 3.8) is 0 Å². The van der Waals surface area contributed by atoms with Gasteiger partial charge in [-0.1, -0.05) is 12.1 Å². The van der Waals surface area contributed by atoms with Crippen molar-refractivity contribution >= 4 is 22.8 Å². The molecule has 3 N–H and O–H groups in total. The van der Waals surface area contributed by atoms with E-state index in [1.165, 1.54) is 0 Å². The molecule has 4 aromatic rings. The fourth-order valence-electron chi connectivity index (χ4n) is 3.13. The van der Waals surface area contributed by atoms with E-state index in [1.807, 2.05) is 36.4 Å². The highest BCUT2D eigenvalue weighted by molar-refractivity contribution is 6.04. The van der Waals surface area contributed by atoms with E-state index in [1.54, 1.807) is 36.5 Å². The molecule has 0 spiro atoms. The van der Waals surface area contributed by atoms with Crippen molar-refractivity contribution in [2.45, 2.75) is 0 Å². The number of carbonyl (C=O) groups excluding carboxylic acids is 1. The Morgan fingerprint density at radius 3 is 2.71 bits per heavy atom. The number of aromatic nitrogens is 2. The number of benzene rings is 2. The third-order valence-electron chi connectivity index (χ3n) is 4.65. The van der Waals surface area contributed by atoms with Gasteiger partial charge in [0.05, 0.1) is 11.6 Å². The number of nitriles is 1. The van der Waals surface area contributed by atoms with Gasteiger partial charge in [0.1, 0.15) is 18.2 Å². The van der Waals surface area contributed by atoms with Gasteiger partial charge in [0, 0.05) is 29.3 Å². The number of nitrogens with two attached hydrogens (primary N) is 1. The van der Waals surface area contributed by atoms with Crippen molar-refractivity contribution in [1.29, 1.82) is 5.26 Å². The molecule has 4 rings (SSSR count). The van der Waals surface area contributed by atoms with Crippen LogP contribution in [0.4, 0.5) is 5.82 Å². The molecule has 2 heterocycles. The Balaban J connectivity index is 1.62. The summed E-state index contributed by atoms with van der Waals surface area (Å²) < 4.78 is 5.80. The van der Waals surface area contributed by atoms with Crippen LogP contribution in [0.2, 0.25) is 0 Å². The summed E-state index contributed by atoms with van der Waals surface area (Å²) in [5, 5.41) is 12.7. The lowest BCUT2D eigenvalue weighted by molar-refractivity contribution is 0.102. The van der Waals surface area contributed by atoms with Crippen LogP contribution in [-0.4, -0.2) is 29.0 Å². The zero-order chi connectivity index (χ0) is 21.6. The van der Waals surface area contributed by atoms with Crippen LogP contribution in [0.1, 0.15) is 15.9 Å². The van der Waals surface area contributed by atoms with Gasteiger partial charge >= 0.3 is 0 Å². The number of anilines is 1. The number of nitrogens with one attached hydrogen (secondary N) is 1. The normalized spacial score (nSPS) is 10.5. The largest absolute Gasteiger partial charge is 0.492 e. The second-order valence-electron chi connectivity index (χ2n) is 6.74.